The van der Waals surface area contributed by atoms with Crippen LogP contribution in [0.15, 0.2) is 67.0 Å². The van der Waals surface area contributed by atoms with Crippen molar-refractivity contribution in [3.63, 3.8) is 0 Å². The van der Waals surface area contributed by atoms with E-state index < -0.39 is 0 Å². The highest BCUT2D eigenvalue weighted by Crippen LogP contribution is 2.33. The highest BCUT2D eigenvalue weighted by Gasteiger charge is 2.33. The molecular weight excluding hydrogens is 462 g/mol. The number of rotatable bonds is 7. The average molecular weight is 488 g/mol. The van der Waals surface area contributed by atoms with Crippen molar-refractivity contribution in [3.8, 4) is 5.75 Å². The number of carbonyl (C=O) groups is 2. The van der Waals surface area contributed by atoms with Gasteiger partial charge in [-0.15, -0.1) is 0 Å². The average Bonchev–Trinajstić information content (AvgIpc) is 3.68. The summed E-state index contributed by atoms with van der Waals surface area (Å²) in [5.41, 5.74) is 3.92. The summed E-state index contributed by atoms with van der Waals surface area (Å²) in [5, 5.41) is 1.41. The van der Waals surface area contributed by atoms with Gasteiger partial charge in [0.25, 0.3) is 5.91 Å². The van der Waals surface area contributed by atoms with Gasteiger partial charge in [-0.25, -0.2) is 0 Å². The first-order valence-electron chi connectivity index (χ1n) is 11.6. The SMILES string of the molecule is COc1ccc2c(c1)c(CC(=O)N(Cc1ccncc1)C1CC1)c(C)n2C(=O)c1ccc(Cl)cc1. The molecule has 0 saturated heterocycles. The minimum absolute atomic E-state index is 0.0493. The summed E-state index contributed by atoms with van der Waals surface area (Å²) in [7, 11) is 1.61. The standard InChI is InChI=1S/C28H26ClN3O3/c1-18-24(16-27(33)31(22-7-8-22)17-19-11-13-30-14-12-19)25-15-23(35-2)9-10-26(25)32(18)28(34)20-3-5-21(29)6-4-20/h3-6,9-15,22H,7-8,16-17H2,1-2H3. The van der Waals surface area contributed by atoms with Gasteiger partial charge in [-0.3, -0.25) is 19.1 Å². The van der Waals surface area contributed by atoms with Gasteiger partial charge < -0.3 is 9.64 Å². The molecule has 0 spiro atoms. The molecule has 1 aliphatic carbocycles. The Balaban J connectivity index is 1.53. The highest BCUT2D eigenvalue weighted by molar-refractivity contribution is 6.30. The molecule has 0 N–H and O–H groups in total. The quantitative estimate of drug-likeness (QED) is 0.348. The van der Waals surface area contributed by atoms with Crippen LogP contribution in [-0.2, 0) is 17.8 Å². The zero-order valence-corrected chi connectivity index (χ0v) is 20.5. The molecule has 5 rings (SSSR count). The highest BCUT2D eigenvalue weighted by atomic mass is 35.5. The molecule has 2 aromatic heterocycles. The third-order valence-corrected chi connectivity index (χ3v) is 6.83. The lowest BCUT2D eigenvalue weighted by Crippen LogP contribution is -2.34. The van der Waals surface area contributed by atoms with Crippen LogP contribution in [0.4, 0.5) is 0 Å². The second-order valence-electron chi connectivity index (χ2n) is 8.88. The van der Waals surface area contributed by atoms with Crippen LogP contribution in [0.3, 0.4) is 0 Å². The maximum atomic E-state index is 13.6. The number of nitrogens with zero attached hydrogens (tertiary/aromatic N) is 3. The number of carbonyl (C=O) groups excluding carboxylic acids is 2. The van der Waals surface area contributed by atoms with E-state index in [1.807, 2.05) is 42.2 Å². The third kappa shape index (κ3) is 4.66. The molecule has 2 aromatic carbocycles. The molecule has 35 heavy (non-hydrogen) atoms. The van der Waals surface area contributed by atoms with Crippen LogP contribution in [-0.4, -0.2) is 39.4 Å². The second-order valence-corrected chi connectivity index (χ2v) is 9.32. The van der Waals surface area contributed by atoms with Gasteiger partial charge >= 0.3 is 0 Å². The molecule has 0 unspecified atom stereocenters. The predicted octanol–water partition coefficient (Wildman–Crippen LogP) is 5.43. The van der Waals surface area contributed by atoms with Crippen LogP contribution < -0.4 is 4.74 Å². The number of amides is 1. The van der Waals surface area contributed by atoms with Crippen molar-refractivity contribution < 1.29 is 14.3 Å². The minimum Gasteiger partial charge on any atom is -0.497 e. The molecule has 0 bridgehead atoms. The number of ether oxygens (including phenoxy) is 1. The summed E-state index contributed by atoms with van der Waals surface area (Å²) in [6.45, 7) is 2.45. The van der Waals surface area contributed by atoms with E-state index in [2.05, 4.69) is 4.98 Å². The monoisotopic (exact) mass is 487 g/mol. The first-order chi connectivity index (χ1) is 17.0. The lowest BCUT2D eigenvalue weighted by Gasteiger charge is -2.23. The summed E-state index contributed by atoms with van der Waals surface area (Å²) < 4.78 is 7.14. The van der Waals surface area contributed by atoms with E-state index in [1.165, 1.54) is 0 Å². The van der Waals surface area contributed by atoms with Crippen molar-refractivity contribution in [2.24, 2.45) is 0 Å². The molecule has 0 radical (unpaired) electrons. The van der Waals surface area contributed by atoms with Gasteiger partial charge in [-0.1, -0.05) is 11.6 Å². The van der Waals surface area contributed by atoms with Crippen LogP contribution in [0.2, 0.25) is 5.02 Å². The van der Waals surface area contributed by atoms with Gasteiger partial charge in [0.05, 0.1) is 19.0 Å². The van der Waals surface area contributed by atoms with E-state index >= 15 is 0 Å². The summed E-state index contributed by atoms with van der Waals surface area (Å²) >= 11 is 6.02. The van der Waals surface area contributed by atoms with Crippen molar-refractivity contribution in [1.82, 2.24) is 14.5 Å². The Kier molecular flexibility index (Phi) is 6.31. The first-order valence-corrected chi connectivity index (χ1v) is 12.0. The van der Waals surface area contributed by atoms with Gasteiger partial charge in [0.1, 0.15) is 5.75 Å². The Morgan fingerprint density at radius 2 is 1.80 bits per heavy atom. The fraction of sp³-hybridized carbons (Fsp3) is 0.250. The van der Waals surface area contributed by atoms with Crippen LogP contribution in [0, 0.1) is 6.92 Å². The number of hydrogen-bond acceptors (Lipinski definition) is 4. The fourth-order valence-electron chi connectivity index (χ4n) is 4.54. The van der Waals surface area contributed by atoms with Crippen LogP contribution in [0.1, 0.15) is 40.0 Å². The number of aromatic nitrogens is 2. The van der Waals surface area contributed by atoms with Crippen molar-refractivity contribution in [2.45, 2.75) is 38.8 Å². The van der Waals surface area contributed by atoms with Crippen molar-refractivity contribution in [2.75, 3.05) is 7.11 Å². The summed E-state index contributed by atoms with van der Waals surface area (Å²) in [6, 6.07) is 16.6. The molecule has 1 fully saturated rings. The summed E-state index contributed by atoms with van der Waals surface area (Å²) in [6.07, 6.45) is 5.73. The maximum absolute atomic E-state index is 13.6. The van der Waals surface area contributed by atoms with Gasteiger partial charge in [-0.05, 0) is 85.5 Å². The van der Waals surface area contributed by atoms with Crippen LogP contribution in [0.5, 0.6) is 5.75 Å². The summed E-state index contributed by atoms with van der Waals surface area (Å²) in [5.74, 6) is 0.565. The van der Waals surface area contributed by atoms with Gasteiger partial charge in [0.2, 0.25) is 5.91 Å². The van der Waals surface area contributed by atoms with E-state index in [1.54, 1.807) is 48.3 Å². The number of halogens is 1. The Morgan fingerprint density at radius 3 is 2.46 bits per heavy atom. The molecule has 178 valence electrons. The number of fused-ring (bicyclic) bond motifs is 1. The molecule has 1 amide bonds. The van der Waals surface area contributed by atoms with Gasteiger partial charge in [-0.2, -0.15) is 0 Å². The van der Waals surface area contributed by atoms with Crippen LogP contribution >= 0.6 is 11.6 Å². The van der Waals surface area contributed by atoms with Crippen molar-refractivity contribution in [1.29, 1.82) is 0 Å². The van der Waals surface area contributed by atoms with E-state index in [9.17, 15) is 9.59 Å². The van der Waals surface area contributed by atoms with E-state index in [0.29, 0.717) is 22.9 Å². The minimum atomic E-state index is -0.163. The molecule has 0 atom stereocenters. The Bertz CT molecular complexity index is 1390. The molecular formula is C28H26ClN3O3. The van der Waals surface area contributed by atoms with Crippen molar-refractivity contribution in [3.05, 3.63) is 94.4 Å². The third-order valence-electron chi connectivity index (χ3n) is 6.57. The molecule has 2 heterocycles. The Hall–Kier alpha value is -3.64. The van der Waals surface area contributed by atoms with E-state index in [4.69, 9.17) is 16.3 Å². The van der Waals surface area contributed by atoms with Crippen LogP contribution in [0.25, 0.3) is 10.9 Å². The van der Waals surface area contributed by atoms with E-state index in [0.717, 1.165) is 40.6 Å². The number of methoxy groups -OCH3 is 1. The first kappa shape index (κ1) is 23.1. The van der Waals surface area contributed by atoms with Crippen molar-refractivity contribution >= 4 is 34.3 Å². The molecule has 7 heteroatoms. The number of pyridine rings is 1. The van der Waals surface area contributed by atoms with Gasteiger partial charge in [0.15, 0.2) is 0 Å². The lowest BCUT2D eigenvalue weighted by atomic mass is 10.1. The Labute approximate surface area is 209 Å². The predicted molar refractivity (Wildman–Crippen MR) is 136 cm³/mol. The summed E-state index contributed by atoms with van der Waals surface area (Å²) in [4.78, 5) is 33.2. The molecule has 1 aliphatic rings. The molecule has 1 saturated carbocycles. The van der Waals surface area contributed by atoms with Gasteiger partial charge in [0, 0.05) is 46.6 Å². The zero-order valence-electron chi connectivity index (χ0n) is 19.7. The van der Waals surface area contributed by atoms with E-state index in [-0.39, 0.29) is 24.3 Å². The number of benzene rings is 2. The molecule has 6 nitrogen and oxygen atoms in total. The largest absolute Gasteiger partial charge is 0.497 e. The topological polar surface area (TPSA) is 64.4 Å². The maximum Gasteiger partial charge on any atom is 0.262 e. The normalized spacial score (nSPS) is 13.1. The smallest absolute Gasteiger partial charge is 0.262 e. The second kappa shape index (κ2) is 9.55. The molecule has 0 aliphatic heterocycles. The fourth-order valence-corrected chi connectivity index (χ4v) is 4.67. The Morgan fingerprint density at radius 1 is 1.09 bits per heavy atom. The zero-order chi connectivity index (χ0) is 24.5. The molecule has 4 aromatic rings. The number of hydrogen-bond donors (Lipinski definition) is 0. The lowest BCUT2D eigenvalue weighted by molar-refractivity contribution is -0.131.